The molecule has 0 saturated heterocycles. The largest absolute Gasteiger partial charge is 0.224 e. The Morgan fingerprint density at radius 2 is 1.16 bits per heavy atom. The van der Waals surface area contributed by atoms with Crippen LogP contribution in [0.3, 0.4) is 0 Å². The minimum atomic E-state index is -0.325. The van der Waals surface area contributed by atoms with Crippen LogP contribution < -0.4 is 0 Å². The Labute approximate surface area is 144 Å². The maximum absolute atomic E-state index is 13.5. The van der Waals surface area contributed by atoms with E-state index in [0.717, 1.165) is 16.8 Å². The van der Waals surface area contributed by atoms with Crippen molar-refractivity contribution >= 4 is 0 Å². The molecule has 0 aliphatic carbocycles. The van der Waals surface area contributed by atoms with Gasteiger partial charge in [-0.2, -0.15) is 0 Å². The molecule has 4 aromatic rings. The molecule has 0 unspecified atom stereocenters. The van der Waals surface area contributed by atoms with Gasteiger partial charge in [0.15, 0.2) is 5.82 Å². The molecule has 0 aliphatic heterocycles. The van der Waals surface area contributed by atoms with E-state index in [4.69, 9.17) is 4.98 Å². The molecule has 0 spiro atoms. The number of nitrogens with zero attached hydrogens (tertiary/aromatic N) is 3. The average Bonchev–Trinajstić information content (AvgIpc) is 2.69. The maximum Gasteiger partial charge on any atom is 0.182 e. The van der Waals surface area contributed by atoms with E-state index in [2.05, 4.69) is 10.2 Å². The van der Waals surface area contributed by atoms with Gasteiger partial charge in [-0.3, -0.25) is 0 Å². The SMILES string of the molecule is Fc1cccc(-c2nnc(-c3ccccc3)c(-c3ccccc3)n2)c1. The molecule has 0 fully saturated rings. The van der Waals surface area contributed by atoms with E-state index in [1.165, 1.54) is 12.1 Å². The van der Waals surface area contributed by atoms with Crippen LogP contribution in [0.5, 0.6) is 0 Å². The summed E-state index contributed by atoms with van der Waals surface area (Å²) in [6, 6.07) is 25.8. The van der Waals surface area contributed by atoms with Gasteiger partial charge < -0.3 is 0 Å². The van der Waals surface area contributed by atoms with Crippen molar-refractivity contribution in [3.63, 3.8) is 0 Å². The number of rotatable bonds is 3. The summed E-state index contributed by atoms with van der Waals surface area (Å²) in [6.07, 6.45) is 0. The molecule has 0 radical (unpaired) electrons. The van der Waals surface area contributed by atoms with E-state index in [9.17, 15) is 4.39 Å². The zero-order valence-electron chi connectivity index (χ0n) is 13.3. The quantitative estimate of drug-likeness (QED) is 0.531. The fraction of sp³-hybridized carbons (Fsp3) is 0. The Morgan fingerprint density at radius 3 is 1.80 bits per heavy atom. The molecule has 0 N–H and O–H groups in total. The van der Waals surface area contributed by atoms with Gasteiger partial charge in [0.05, 0.1) is 0 Å². The molecule has 25 heavy (non-hydrogen) atoms. The third-order valence-electron chi connectivity index (χ3n) is 3.86. The summed E-state index contributed by atoms with van der Waals surface area (Å²) in [5, 5.41) is 8.62. The van der Waals surface area contributed by atoms with Gasteiger partial charge >= 0.3 is 0 Å². The lowest BCUT2D eigenvalue weighted by molar-refractivity contribution is 0.628. The summed E-state index contributed by atoms with van der Waals surface area (Å²) in [6.45, 7) is 0. The predicted octanol–water partition coefficient (Wildman–Crippen LogP) is 5.01. The van der Waals surface area contributed by atoms with Gasteiger partial charge in [0.2, 0.25) is 0 Å². The molecule has 120 valence electrons. The minimum Gasteiger partial charge on any atom is -0.224 e. The van der Waals surface area contributed by atoms with E-state index in [1.54, 1.807) is 12.1 Å². The summed E-state index contributed by atoms with van der Waals surface area (Å²) in [7, 11) is 0. The normalized spacial score (nSPS) is 10.6. The molecule has 0 saturated carbocycles. The molecular formula is C21H14FN3. The fourth-order valence-electron chi connectivity index (χ4n) is 2.66. The van der Waals surface area contributed by atoms with Crippen molar-refractivity contribution in [1.29, 1.82) is 0 Å². The summed E-state index contributed by atoms with van der Waals surface area (Å²) in [5.41, 5.74) is 3.90. The van der Waals surface area contributed by atoms with Gasteiger partial charge in [0.1, 0.15) is 17.2 Å². The van der Waals surface area contributed by atoms with E-state index in [0.29, 0.717) is 17.1 Å². The zero-order valence-corrected chi connectivity index (χ0v) is 13.3. The van der Waals surface area contributed by atoms with Crippen molar-refractivity contribution in [3.8, 4) is 33.9 Å². The maximum atomic E-state index is 13.5. The van der Waals surface area contributed by atoms with Crippen LogP contribution in [-0.2, 0) is 0 Å². The third kappa shape index (κ3) is 3.15. The van der Waals surface area contributed by atoms with E-state index >= 15 is 0 Å². The highest BCUT2D eigenvalue weighted by Crippen LogP contribution is 2.29. The lowest BCUT2D eigenvalue weighted by Gasteiger charge is -2.09. The molecule has 3 nitrogen and oxygen atoms in total. The molecule has 4 rings (SSSR count). The van der Waals surface area contributed by atoms with E-state index in [-0.39, 0.29) is 5.82 Å². The zero-order chi connectivity index (χ0) is 17.1. The standard InChI is InChI=1S/C21H14FN3/c22-18-13-7-12-17(14-18)21-23-19(15-8-3-1-4-9-15)20(24-25-21)16-10-5-2-6-11-16/h1-14H. The number of halogens is 1. The van der Waals surface area contributed by atoms with Gasteiger partial charge in [-0.25, -0.2) is 9.37 Å². The molecule has 0 aliphatic rings. The molecule has 4 heteroatoms. The minimum absolute atomic E-state index is 0.325. The fourth-order valence-corrected chi connectivity index (χ4v) is 2.66. The second kappa shape index (κ2) is 6.61. The first-order valence-electron chi connectivity index (χ1n) is 7.93. The van der Waals surface area contributed by atoms with Crippen LogP contribution in [0.2, 0.25) is 0 Å². The van der Waals surface area contributed by atoms with Crippen LogP contribution in [0.15, 0.2) is 84.9 Å². The van der Waals surface area contributed by atoms with Crippen molar-refractivity contribution in [2.24, 2.45) is 0 Å². The number of hydrogen-bond donors (Lipinski definition) is 0. The van der Waals surface area contributed by atoms with Crippen molar-refractivity contribution < 1.29 is 4.39 Å². The Bertz CT molecular complexity index is 1000. The van der Waals surface area contributed by atoms with Crippen LogP contribution in [0.1, 0.15) is 0 Å². The van der Waals surface area contributed by atoms with Gasteiger partial charge in [-0.15, -0.1) is 10.2 Å². The first-order chi connectivity index (χ1) is 12.3. The highest BCUT2D eigenvalue weighted by atomic mass is 19.1. The molecule has 0 amide bonds. The highest BCUT2D eigenvalue weighted by Gasteiger charge is 2.14. The number of hydrogen-bond acceptors (Lipinski definition) is 3. The Morgan fingerprint density at radius 1 is 0.560 bits per heavy atom. The van der Waals surface area contributed by atoms with E-state index < -0.39 is 0 Å². The molecule has 0 atom stereocenters. The van der Waals surface area contributed by atoms with E-state index in [1.807, 2.05) is 60.7 Å². The van der Waals surface area contributed by atoms with Crippen molar-refractivity contribution in [2.45, 2.75) is 0 Å². The second-order valence-electron chi connectivity index (χ2n) is 5.58. The van der Waals surface area contributed by atoms with Crippen molar-refractivity contribution in [1.82, 2.24) is 15.2 Å². The monoisotopic (exact) mass is 327 g/mol. The Balaban J connectivity index is 1.92. The molecule has 1 aromatic heterocycles. The van der Waals surface area contributed by atoms with Crippen LogP contribution in [-0.4, -0.2) is 15.2 Å². The van der Waals surface area contributed by atoms with Crippen LogP contribution in [0.25, 0.3) is 33.9 Å². The van der Waals surface area contributed by atoms with Crippen molar-refractivity contribution in [3.05, 3.63) is 90.7 Å². The molecule has 3 aromatic carbocycles. The third-order valence-corrected chi connectivity index (χ3v) is 3.86. The second-order valence-corrected chi connectivity index (χ2v) is 5.58. The van der Waals surface area contributed by atoms with Crippen LogP contribution >= 0.6 is 0 Å². The molecule has 1 heterocycles. The highest BCUT2D eigenvalue weighted by molar-refractivity contribution is 5.78. The van der Waals surface area contributed by atoms with Crippen LogP contribution in [0, 0.1) is 5.82 Å². The summed E-state index contributed by atoms with van der Waals surface area (Å²) in [4.78, 5) is 4.69. The number of benzene rings is 3. The van der Waals surface area contributed by atoms with Gasteiger partial charge in [-0.1, -0.05) is 72.8 Å². The molecular weight excluding hydrogens is 313 g/mol. The first-order valence-corrected chi connectivity index (χ1v) is 7.93. The van der Waals surface area contributed by atoms with Crippen molar-refractivity contribution in [2.75, 3.05) is 0 Å². The Kier molecular flexibility index (Phi) is 4.01. The topological polar surface area (TPSA) is 38.7 Å². The smallest absolute Gasteiger partial charge is 0.182 e. The van der Waals surface area contributed by atoms with Crippen LogP contribution in [0.4, 0.5) is 4.39 Å². The average molecular weight is 327 g/mol. The first kappa shape index (κ1) is 15.1. The number of aromatic nitrogens is 3. The lowest BCUT2D eigenvalue weighted by Crippen LogP contribution is -2.00. The summed E-state index contributed by atoms with van der Waals surface area (Å²) in [5.74, 6) is 0.0764. The summed E-state index contributed by atoms with van der Waals surface area (Å²) >= 11 is 0. The Hall–Kier alpha value is -3.40. The van der Waals surface area contributed by atoms with Gasteiger partial charge in [0, 0.05) is 16.7 Å². The lowest BCUT2D eigenvalue weighted by atomic mass is 10.0. The summed E-state index contributed by atoms with van der Waals surface area (Å²) < 4.78 is 13.5. The molecule has 0 bridgehead atoms. The predicted molar refractivity (Wildman–Crippen MR) is 96.1 cm³/mol. The van der Waals surface area contributed by atoms with Gasteiger partial charge in [-0.05, 0) is 12.1 Å². The van der Waals surface area contributed by atoms with Gasteiger partial charge in [0.25, 0.3) is 0 Å².